The van der Waals surface area contributed by atoms with E-state index in [1.54, 1.807) is 0 Å². The molecule has 5 rings (SSSR count). The van der Waals surface area contributed by atoms with Crippen LogP contribution < -0.4 is 0 Å². The van der Waals surface area contributed by atoms with Crippen molar-refractivity contribution in [3.8, 4) is 0 Å². The average molecular weight is 270 g/mol. The first-order valence-electron chi connectivity index (χ1n) is 6.66. The maximum absolute atomic E-state index is 4.72. The number of hydrogen-bond acceptors (Lipinski definition) is 2. The van der Waals surface area contributed by atoms with Crippen molar-refractivity contribution in [3.63, 3.8) is 0 Å². The molecule has 4 aliphatic carbocycles. The lowest BCUT2D eigenvalue weighted by Gasteiger charge is -2.56. The second-order valence-corrected chi connectivity index (χ2v) is 7.51. The SMILES string of the molecule is Cc1scnc1C12CC3CC(CC(C3)C1)C2.Cl. The van der Waals surface area contributed by atoms with Crippen LogP contribution in [-0.4, -0.2) is 4.98 Å². The van der Waals surface area contributed by atoms with Crippen molar-refractivity contribution >= 4 is 23.7 Å². The van der Waals surface area contributed by atoms with Crippen LogP contribution in [0, 0.1) is 24.7 Å². The maximum Gasteiger partial charge on any atom is 0.0797 e. The third-order valence-corrected chi connectivity index (χ3v) is 6.04. The van der Waals surface area contributed by atoms with Gasteiger partial charge in [-0.25, -0.2) is 4.98 Å². The van der Waals surface area contributed by atoms with E-state index in [1.807, 2.05) is 11.3 Å². The molecule has 94 valence electrons. The first-order valence-corrected chi connectivity index (χ1v) is 7.54. The van der Waals surface area contributed by atoms with Crippen molar-refractivity contribution in [2.75, 3.05) is 0 Å². The van der Waals surface area contributed by atoms with Gasteiger partial charge in [-0.3, -0.25) is 0 Å². The van der Waals surface area contributed by atoms with E-state index in [-0.39, 0.29) is 12.4 Å². The Morgan fingerprint density at radius 2 is 1.65 bits per heavy atom. The van der Waals surface area contributed by atoms with Gasteiger partial charge in [0.25, 0.3) is 0 Å². The van der Waals surface area contributed by atoms with Crippen LogP contribution >= 0.6 is 23.7 Å². The molecular weight excluding hydrogens is 250 g/mol. The molecule has 0 aromatic carbocycles. The Balaban J connectivity index is 0.000000902. The lowest BCUT2D eigenvalue weighted by atomic mass is 9.49. The average Bonchev–Trinajstić information content (AvgIpc) is 2.62. The molecule has 1 aromatic heterocycles. The van der Waals surface area contributed by atoms with E-state index >= 15 is 0 Å². The molecule has 0 N–H and O–H groups in total. The third kappa shape index (κ3) is 1.67. The van der Waals surface area contributed by atoms with Crippen molar-refractivity contribution < 1.29 is 0 Å². The van der Waals surface area contributed by atoms with Crippen LogP contribution in [0.2, 0.25) is 0 Å². The molecule has 0 spiro atoms. The Hall–Kier alpha value is -0.0800. The van der Waals surface area contributed by atoms with Crippen molar-refractivity contribution in [1.29, 1.82) is 0 Å². The Labute approximate surface area is 113 Å². The molecule has 1 heterocycles. The van der Waals surface area contributed by atoms with E-state index in [1.165, 1.54) is 49.1 Å². The van der Waals surface area contributed by atoms with Crippen LogP contribution in [0.15, 0.2) is 5.51 Å². The minimum atomic E-state index is 0. The van der Waals surface area contributed by atoms with Gasteiger partial charge in [0.15, 0.2) is 0 Å². The van der Waals surface area contributed by atoms with Crippen LogP contribution in [0.5, 0.6) is 0 Å². The minimum Gasteiger partial charge on any atom is -0.249 e. The van der Waals surface area contributed by atoms with Crippen LogP contribution in [-0.2, 0) is 5.41 Å². The molecule has 1 aromatic rings. The second-order valence-electron chi connectivity index (χ2n) is 6.46. The van der Waals surface area contributed by atoms with Crippen molar-refractivity contribution in [3.05, 3.63) is 16.1 Å². The van der Waals surface area contributed by atoms with Crippen molar-refractivity contribution in [2.24, 2.45) is 17.8 Å². The van der Waals surface area contributed by atoms with E-state index in [0.717, 1.165) is 17.8 Å². The topological polar surface area (TPSA) is 12.9 Å². The summed E-state index contributed by atoms with van der Waals surface area (Å²) in [7, 11) is 0. The summed E-state index contributed by atoms with van der Waals surface area (Å²) in [5, 5.41) is 0. The molecule has 0 unspecified atom stereocenters. The monoisotopic (exact) mass is 269 g/mol. The van der Waals surface area contributed by atoms with Gasteiger partial charge < -0.3 is 0 Å². The highest BCUT2D eigenvalue weighted by atomic mass is 35.5. The van der Waals surface area contributed by atoms with Crippen LogP contribution in [0.25, 0.3) is 0 Å². The molecule has 4 bridgehead atoms. The highest BCUT2D eigenvalue weighted by molar-refractivity contribution is 7.09. The van der Waals surface area contributed by atoms with Crippen LogP contribution in [0.1, 0.15) is 49.1 Å². The predicted molar refractivity (Wildman–Crippen MR) is 73.9 cm³/mol. The number of thiazole rings is 1. The van der Waals surface area contributed by atoms with Gasteiger partial charge in [0.05, 0.1) is 11.2 Å². The van der Waals surface area contributed by atoms with Crippen molar-refractivity contribution in [2.45, 2.75) is 50.9 Å². The van der Waals surface area contributed by atoms with Gasteiger partial charge in [-0.05, 0) is 63.2 Å². The van der Waals surface area contributed by atoms with E-state index in [9.17, 15) is 0 Å². The fourth-order valence-corrected chi connectivity index (χ4v) is 5.91. The largest absolute Gasteiger partial charge is 0.249 e. The Morgan fingerprint density at radius 3 is 2.06 bits per heavy atom. The Bertz CT molecular complexity index is 390. The Kier molecular flexibility index (Phi) is 2.79. The molecule has 4 aliphatic rings. The molecule has 0 atom stereocenters. The summed E-state index contributed by atoms with van der Waals surface area (Å²) in [5.74, 6) is 3.10. The Morgan fingerprint density at radius 1 is 1.12 bits per heavy atom. The van der Waals surface area contributed by atoms with Gasteiger partial charge in [-0.1, -0.05) is 0 Å². The molecule has 4 saturated carbocycles. The zero-order valence-electron chi connectivity index (χ0n) is 10.3. The second kappa shape index (κ2) is 3.96. The first kappa shape index (κ1) is 12.0. The summed E-state index contributed by atoms with van der Waals surface area (Å²) in [6.45, 7) is 2.27. The molecule has 17 heavy (non-hydrogen) atoms. The summed E-state index contributed by atoms with van der Waals surface area (Å²) in [5.41, 5.74) is 4.05. The van der Waals surface area contributed by atoms with E-state index in [0.29, 0.717) is 5.41 Å². The zero-order valence-corrected chi connectivity index (χ0v) is 11.9. The molecule has 0 radical (unpaired) electrons. The summed E-state index contributed by atoms with van der Waals surface area (Å²) in [6, 6.07) is 0. The minimum absolute atomic E-state index is 0. The smallest absolute Gasteiger partial charge is 0.0797 e. The highest BCUT2D eigenvalue weighted by Crippen LogP contribution is 2.60. The van der Waals surface area contributed by atoms with Crippen LogP contribution in [0.4, 0.5) is 0 Å². The molecule has 4 fully saturated rings. The maximum atomic E-state index is 4.72. The molecule has 3 heteroatoms. The predicted octanol–water partition coefficient (Wildman–Crippen LogP) is 4.34. The molecule has 0 saturated heterocycles. The van der Waals surface area contributed by atoms with E-state index in [4.69, 9.17) is 4.98 Å². The van der Waals surface area contributed by atoms with Gasteiger partial charge in [-0.2, -0.15) is 0 Å². The molecule has 0 aliphatic heterocycles. The zero-order chi connectivity index (χ0) is 10.8. The van der Waals surface area contributed by atoms with Gasteiger partial charge >= 0.3 is 0 Å². The summed E-state index contributed by atoms with van der Waals surface area (Å²) >= 11 is 1.84. The number of aromatic nitrogens is 1. The number of rotatable bonds is 1. The lowest BCUT2D eigenvalue weighted by Crippen LogP contribution is -2.49. The fraction of sp³-hybridized carbons (Fsp3) is 0.786. The quantitative estimate of drug-likeness (QED) is 0.739. The summed E-state index contributed by atoms with van der Waals surface area (Å²) in [4.78, 5) is 6.21. The highest BCUT2D eigenvalue weighted by Gasteiger charge is 2.52. The lowest BCUT2D eigenvalue weighted by molar-refractivity contribution is -0.00719. The number of aryl methyl sites for hydroxylation is 1. The van der Waals surface area contributed by atoms with Gasteiger partial charge in [0.1, 0.15) is 0 Å². The molecular formula is C14H20ClNS. The van der Waals surface area contributed by atoms with E-state index in [2.05, 4.69) is 12.4 Å². The van der Waals surface area contributed by atoms with Gasteiger partial charge in [0, 0.05) is 10.3 Å². The van der Waals surface area contributed by atoms with Crippen molar-refractivity contribution in [1.82, 2.24) is 4.98 Å². The van der Waals surface area contributed by atoms with Gasteiger partial charge in [0.2, 0.25) is 0 Å². The molecule has 1 nitrogen and oxygen atoms in total. The third-order valence-electron chi connectivity index (χ3n) is 5.29. The molecule has 0 amide bonds. The first-order chi connectivity index (χ1) is 7.75. The number of nitrogens with zero attached hydrogens (tertiary/aromatic N) is 1. The fourth-order valence-electron chi connectivity index (χ4n) is 5.22. The van der Waals surface area contributed by atoms with Gasteiger partial charge in [-0.15, -0.1) is 23.7 Å². The van der Waals surface area contributed by atoms with E-state index < -0.39 is 0 Å². The number of halogens is 1. The summed E-state index contributed by atoms with van der Waals surface area (Å²) in [6.07, 6.45) is 8.93. The standard InChI is InChI=1S/C14H19NS.ClH/c1-9-13(15-8-16-9)14-5-10-2-11(6-14)4-12(3-10)7-14;/h8,10-12H,2-7H2,1H3;1H. The normalized spacial score (nSPS) is 42.5. The number of hydrogen-bond donors (Lipinski definition) is 0. The summed E-state index contributed by atoms with van der Waals surface area (Å²) < 4.78 is 0. The van der Waals surface area contributed by atoms with Crippen LogP contribution in [0.3, 0.4) is 0 Å².